The number of hydrogen-bond donors (Lipinski definition) is 5. The van der Waals surface area contributed by atoms with Crippen LogP contribution in [0.15, 0.2) is 375 Å². The zero-order chi connectivity index (χ0) is 104. The molecule has 0 aliphatic rings. The van der Waals surface area contributed by atoms with Crippen molar-refractivity contribution in [1.29, 1.82) is 0 Å². The third-order valence-electron chi connectivity index (χ3n) is 20.6. The minimum absolute atomic E-state index is 0. The van der Waals surface area contributed by atoms with E-state index >= 15 is 0 Å². The predicted molar refractivity (Wildman–Crippen MR) is 584 cm³/mol. The number of aliphatic hydroxyl groups excluding tert-OH is 5. The van der Waals surface area contributed by atoms with Crippen molar-refractivity contribution in [2.24, 2.45) is 5.92 Å². The zero-order valence-corrected chi connectivity index (χ0v) is 98.8. The molecule has 0 aliphatic carbocycles. The topological polar surface area (TPSA) is 251 Å². The molecule has 147 heavy (non-hydrogen) atoms. The quantitative estimate of drug-likeness (QED) is 0.0323. The number of Topliss-reactive ketones (excluding diaryl/α,β-unsaturated/α-hetero) is 1. The summed E-state index contributed by atoms with van der Waals surface area (Å²) < 4.78 is 0. The molecule has 0 amide bonds. The number of carbonyl (C=O) groups is 5. The van der Waals surface area contributed by atoms with E-state index < -0.39 is 0 Å². The normalized spacial score (nSPS) is 10.6. The SMILES string of the molecule is CC(=O)C(=C(C)O)c1ccccc1.CC(=O)C=C(C)O.CC(=O)C=C(C)O.CC(=O)C=C(C)O.CC(=O)C=C(C)O.Cc1[c-]c(-c2cc(CC(C)C)c3ccccc3n2)cc(C)c1.Cc1cc(C)cc(-c2cnc(-c3[c-]cccc3)cc2C)c1.Cc1cc[c-]c(-c2cc(-c3ccccc3)ccn2)c1.Cc1ccc(-c2ccnc(-c3[c-]cccc3)c2)c(C)c1.Cc1ccc(-c2ccnc(-c3[c-]cccc3)c2)cc1.[Ir].[Ir].[Ir].[Ir].[Ir]. The predicted octanol–water partition coefficient (Wildman–Crippen LogP) is 31.2. The Kier molecular flexibility index (Phi) is 60.2. The maximum absolute atomic E-state index is 11.2. The molecule has 0 fully saturated rings. The third-order valence-corrected chi connectivity index (χ3v) is 20.6. The number of carbonyl (C=O) groups excluding carboxylic acids is 5. The van der Waals surface area contributed by atoms with Gasteiger partial charge in [-0.05, 0) is 237 Å². The molecule has 0 saturated heterocycles. The van der Waals surface area contributed by atoms with Gasteiger partial charge in [0.1, 0.15) is 5.76 Å². The Hall–Kier alpha value is -13.3. The number of hydrogen-bond acceptors (Lipinski definition) is 15. The molecule has 5 N–H and O–H groups in total. The Labute approximate surface area is 937 Å². The van der Waals surface area contributed by atoms with Crippen molar-refractivity contribution in [3.8, 4) is 101 Å². The largest absolute Gasteiger partial charge is 0.512 e. The zero-order valence-electron chi connectivity index (χ0n) is 86.9. The van der Waals surface area contributed by atoms with Crippen molar-refractivity contribution in [1.82, 2.24) is 24.9 Å². The molecule has 16 rings (SSSR count). The van der Waals surface area contributed by atoms with Crippen LogP contribution in [0.25, 0.3) is 117 Å². The molecule has 0 spiro atoms. The summed E-state index contributed by atoms with van der Waals surface area (Å²) in [5.74, 6) is 0.326. The van der Waals surface area contributed by atoms with Crippen molar-refractivity contribution in [3.63, 3.8) is 0 Å². The average molecular weight is 2850 g/mol. The van der Waals surface area contributed by atoms with Crippen molar-refractivity contribution >= 4 is 45.4 Å². The van der Waals surface area contributed by atoms with Gasteiger partial charge in [-0.2, -0.15) is 0 Å². The molecular weight excluding hydrogens is 2720 g/mol. The van der Waals surface area contributed by atoms with Crippen LogP contribution in [-0.4, -0.2) is 79.4 Å². The van der Waals surface area contributed by atoms with E-state index in [-0.39, 0.29) is 158 Å². The van der Waals surface area contributed by atoms with Crippen LogP contribution in [0.4, 0.5) is 0 Å². The fourth-order valence-corrected chi connectivity index (χ4v) is 14.8. The molecule has 11 aromatic carbocycles. The van der Waals surface area contributed by atoms with E-state index in [4.69, 9.17) is 25.4 Å². The van der Waals surface area contributed by atoms with Gasteiger partial charge in [-0.3, -0.25) is 29.0 Å². The molecule has 5 aromatic heterocycles. The monoisotopic (exact) mass is 2850 g/mol. The van der Waals surface area contributed by atoms with Crippen LogP contribution >= 0.6 is 0 Å². The van der Waals surface area contributed by atoms with E-state index in [0.717, 1.165) is 79.4 Å². The Balaban J connectivity index is 0.000000565. The van der Waals surface area contributed by atoms with E-state index in [1.807, 2.05) is 158 Å². The second kappa shape index (κ2) is 68.2. The number of aryl methyl sites for hydroxylation is 9. The van der Waals surface area contributed by atoms with Crippen molar-refractivity contribution in [2.45, 2.75) is 152 Å². The first-order chi connectivity index (χ1) is 67.7. The first-order valence-corrected chi connectivity index (χ1v) is 46.6. The summed E-state index contributed by atoms with van der Waals surface area (Å²) in [5.41, 5.74) is 34.7. The van der Waals surface area contributed by atoms with Gasteiger partial charge in [0.15, 0.2) is 28.9 Å². The van der Waals surface area contributed by atoms with E-state index in [2.05, 4.69) is 278 Å². The van der Waals surface area contributed by atoms with Crippen molar-refractivity contribution in [2.75, 3.05) is 0 Å². The molecule has 0 atom stereocenters. The van der Waals surface area contributed by atoms with E-state index in [9.17, 15) is 29.1 Å². The van der Waals surface area contributed by atoms with Crippen LogP contribution in [0.1, 0.15) is 144 Å². The maximum atomic E-state index is 11.2. The second-order valence-corrected chi connectivity index (χ2v) is 34.7. The van der Waals surface area contributed by atoms with Gasteiger partial charge >= 0.3 is 0 Å². The van der Waals surface area contributed by atoms with Crippen LogP contribution in [0, 0.1) is 98.6 Å². The molecule has 0 aliphatic heterocycles. The molecule has 5 heterocycles. The summed E-state index contributed by atoms with van der Waals surface area (Å²) in [5, 5.41) is 44.0. The first kappa shape index (κ1) is 130. The summed E-state index contributed by atoms with van der Waals surface area (Å²) in [6.45, 7) is 37.9. The number of benzene rings is 11. The Morgan fingerprint density at radius 2 is 0.707 bits per heavy atom. The molecule has 0 saturated carbocycles. The van der Waals surface area contributed by atoms with Gasteiger partial charge in [-0.15, -0.1) is 178 Å². The second-order valence-electron chi connectivity index (χ2n) is 34.7. The van der Waals surface area contributed by atoms with Gasteiger partial charge in [0, 0.05) is 161 Å². The van der Waals surface area contributed by atoms with Crippen LogP contribution in [0.2, 0.25) is 0 Å². The molecule has 16 aromatic rings. The summed E-state index contributed by atoms with van der Waals surface area (Å²) in [6.07, 6.45) is 13.3. The van der Waals surface area contributed by atoms with Gasteiger partial charge in [-0.25, -0.2) is 0 Å². The number of para-hydroxylation sites is 1. The maximum Gasteiger partial charge on any atom is 0.163 e. The van der Waals surface area contributed by atoms with E-state index in [1.165, 1.54) is 194 Å². The summed E-state index contributed by atoms with van der Waals surface area (Å²) in [4.78, 5) is 74.0. The Morgan fingerprint density at radius 3 is 1.12 bits per heavy atom. The Bertz CT molecular complexity index is 6860. The third kappa shape index (κ3) is 47.8. The molecule has 20 heteroatoms. The van der Waals surface area contributed by atoms with Gasteiger partial charge < -0.3 is 45.5 Å². The van der Waals surface area contributed by atoms with Crippen LogP contribution in [-0.2, 0) is 131 Å². The molecular formula is C127H128Ir5N5O10-5. The minimum Gasteiger partial charge on any atom is -0.512 e. The fraction of sp³-hybridized carbons (Fsp3) is 0.181. The minimum atomic E-state index is -0.125. The van der Waals surface area contributed by atoms with Gasteiger partial charge in [0.05, 0.1) is 34.1 Å². The van der Waals surface area contributed by atoms with E-state index in [1.54, 1.807) is 12.1 Å². The molecule has 15 nitrogen and oxygen atoms in total. The standard InChI is InChI=1S/C21H22N.C20H18N.C19H16N.2C18H14N.C11H12O2.4C5H8O2.5Ir/c1-14(2)9-17-13-21(18-11-15(3)10-16(4)12-18)22-20-8-6-5-7-19(17)20;1-14-9-15(2)11-18(10-14)19-13-21-20(12-16(19)3)17-7-5-4-6-8-17;1-14-8-9-18(15(2)12-14)17-10-11-20-19(13-17)16-6-4-3-5-7-16;1-14-6-5-9-17(12-14)18-13-16(10-11-19-18)15-7-3-2-4-8-15;1-14-7-9-15(10-8-14)17-11-12-19-18(13-17)16-5-3-2-4-6-16;1-8(12)11(9(2)13)10-6-4-3-5-7-10;4*1-4(6)3-5(2)7;;;;;/h5-8,10-11,13-14H,9H2,1-4H3;4-7,9-13H,1-3H3;3-6,8-13H,1-2H3;2-8,10-13H,1H3;2-5,7-13H,1H3;3-7,12H,1-2H3;4*3,6H,1-2H3;;;;;/q5*-1;;;;;;;;;;. The Morgan fingerprint density at radius 1 is 0.313 bits per heavy atom. The summed E-state index contributed by atoms with van der Waals surface area (Å²) >= 11 is 0. The number of aliphatic hydroxyl groups is 5. The van der Waals surface area contributed by atoms with Crippen LogP contribution in [0.5, 0.6) is 0 Å². The number of rotatable bonds is 17. The molecule has 0 unspecified atom stereocenters. The van der Waals surface area contributed by atoms with Crippen LogP contribution < -0.4 is 0 Å². The number of pyridine rings is 5. The van der Waals surface area contributed by atoms with Gasteiger partial charge in [0.2, 0.25) is 0 Å². The van der Waals surface area contributed by atoms with Gasteiger partial charge in [-0.1, -0.05) is 227 Å². The number of fused-ring (bicyclic) bond motifs is 1. The summed E-state index contributed by atoms with van der Waals surface area (Å²) in [6, 6.07) is 117. The smallest absolute Gasteiger partial charge is 0.163 e. The first-order valence-electron chi connectivity index (χ1n) is 46.6. The number of aromatic nitrogens is 5. The van der Waals surface area contributed by atoms with E-state index in [0.29, 0.717) is 11.5 Å². The van der Waals surface area contributed by atoms with Crippen LogP contribution in [0.3, 0.4) is 0 Å². The molecule has 5 radical (unpaired) electrons. The number of allylic oxidation sites excluding steroid dienone is 10. The van der Waals surface area contributed by atoms with Crippen molar-refractivity contribution in [3.05, 3.63) is 467 Å². The number of ketones is 5. The van der Waals surface area contributed by atoms with Crippen molar-refractivity contribution < 1.29 is 150 Å². The molecule has 771 valence electrons. The van der Waals surface area contributed by atoms with Gasteiger partial charge in [0.25, 0.3) is 0 Å². The average Bonchev–Trinajstić information content (AvgIpc) is 0.790. The molecule has 0 bridgehead atoms. The number of nitrogens with zero attached hydrogens (tertiary/aromatic N) is 5. The summed E-state index contributed by atoms with van der Waals surface area (Å²) in [7, 11) is 0. The fourth-order valence-electron chi connectivity index (χ4n) is 14.8.